The third kappa shape index (κ3) is 8.33. The Morgan fingerprint density at radius 1 is 1.17 bits per heavy atom. The van der Waals surface area contributed by atoms with Crippen LogP contribution >= 0.6 is 0 Å². The van der Waals surface area contributed by atoms with Crippen LogP contribution in [0.15, 0.2) is 30.5 Å². The summed E-state index contributed by atoms with van der Waals surface area (Å²) in [6, 6.07) is 9.50. The molecule has 23 heavy (non-hydrogen) atoms. The van der Waals surface area contributed by atoms with Crippen molar-refractivity contribution < 1.29 is 34.7 Å². The second kappa shape index (κ2) is 13.3. The Bertz CT molecular complexity index is 545. The molecule has 0 atom stereocenters. The van der Waals surface area contributed by atoms with Crippen molar-refractivity contribution in [2.24, 2.45) is 5.92 Å². The number of hydrogen-bond acceptors (Lipinski definition) is 3. The maximum Gasteiger partial charge on any atom is 0.0379 e. The zero-order valence-corrected chi connectivity index (χ0v) is 16.6. The van der Waals surface area contributed by atoms with Gasteiger partial charge in [0.1, 0.15) is 0 Å². The van der Waals surface area contributed by atoms with Crippen molar-refractivity contribution in [3.05, 3.63) is 53.5 Å². The fourth-order valence-electron chi connectivity index (χ4n) is 1.94. The third-order valence-corrected chi connectivity index (χ3v) is 2.89. The summed E-state index contributed by atoms with van der Waals surface area (Å²) in [6.07, 6.45) is 2.91. The normalized spacial score (nSPS) is 9.09. The first-order valence-electron chi connectivity index (χ1n) is 7.09. The summed E-state index contributed by atoms with van der Waals surface area (Å²) in [6.45, 7) is 6.47. The van der Waals surface area contributed by atoms with Crippen molar-refractivity contribution in [3.63, 3.8) is 0 Å². The molecule has 0 fully saturated rings. The van der Waals surface area contributed by atoms with Gasteiger partial charge in [-0.3, -0.25) is 4.39 Å². The van der Waals surface area contributed by atoms with E-state index < -0.39 is 0 Å². The second-order valence-electron chi connectivity index (χ2n) is 5.01. The number of aliphatic hydroxyl groups is 2. The Morgan fingerprint density at radius 3 is 2.26 bits per heavy atom. The van der Waals surface area contributed by atoms with Crippen LogP contribution in [0.1, 0.15) is 25.0 Å². The van der Waals surface area contributed by atoms with Gasteiger partial charge in [-0.15, -0.1) is 29.8 Å². The molecule has 0 aliphatic carbocycles. The quantitative estimate of drug-likeness (QED) is 0.638. The molecule has 5 heteroatoms. The van der Waals surface area contributed by atoms with Gasteiger partial charge in [0.05, 0.1) is 0 Å². The van der Waals surface area contributed by atoms with Gasteiger partial charge in [-0.1, -0.05) is 25.5 Å². The van der Waals surface area contributed by atoms with Gasteiger partial charge in [0.25, 0.3) is 0 Å². The zero-order chi connectivity index (χ0) is 17.1. The number of aliphatic hydroxyl groups excluding tert-OH is 2. The minimum absolute atomic E-state index is 0. The molecule has 0 saturated heterocycles. The van der Waals surface area contributed by atoms with Crippen LogP contribution in [0, 0.1) is 24.7 Å². The van der Waals surface area contributed by atoms with E-state index in [0.29, 0.717) is 5.92 Å². The Balaban J connectivity index is 0. The largest absolute Gasteiger partial charge is 0.400 e. The molecule has 1 radical (unpaired) electrons. The molecule has 0 saturated carbocycles. The fraction of sp³-hybridized carbons (Fsp3) is 0.389. The van der Waals surface area contributed by atoms with Gasteiger partial charge < -0.3 is 15.2 Å². The van der Waals surface area contributed by atoms with Crippen LogP contribution in [0.2, 0.25) is 0 Å². The van der Waals surface area contributed by atoms with Crippen LogP contribution in [-0.2, 0) is 26.5 Å². The number of benzene rings is 1. The van der Waals surface area contributed by atoms with Gasteiger partial charge in [-0.2, -0.15) is 0 Å². The molecular formula is C18H25FIrNO2-. The first-order chi connectivity index (χ1) is 10.6. The van der Waals surface area contributed by atoms with Crippen molar-refractivity contribution in [3.8, 4) is 11.3 Å². The summed E-state index contributed by atoms with van der Waals surface area (Å²) < 4.78 is 12.9. The summed E-state index contributed by atoms with van der Waals surface area (Å²) in [4.78, 5) is 4.39. The Kier molecular flexibility index (Phi) is 14.0. The Labute approximate surface area is 152 Å². The van der Waals surface area contributed by atoms with Crippen molar-refractivity contribution in [2.75, 3.05) is 14.2 Å². The standard InChI is InChI=1S/C16H17FN.2CH4O.Ir/c1-11(2)8-14-9-16(18-10-12(14)3)13-4-6-15(17)7-5-13;2*1-2;/h4,6-7,9-11H,8H2,1-3H3;2*2H,1H3;/q-1;;;. The third-order valence-electron chi connectivity index (χ3n) is 2.89. The second-order valence-corrected chi connectivity index (χ2v) is 5.01. The van der Waals surface area contributed by atoms with Gasteiger partial charge in [0, 0.05) is 46.3 Å². The van der Waals surface area contributed by atoms with E-state index in [9.17, 15) is 4.39 Å². The Morgan fingerprint density at radius 2 is 1.78 bits per heavy atom. The van der Waals surface area contributed by atoms with Crippen molar-refractivity contribution in [1.82, 2.24) is 4.98 Å². The number of hydrogen-bond donors (Lipinski definition) is 2. The van der Waals surface area contributed by atoms with E-state index in [2.05, 4.69) is 37.9 Å². The molecule has 0 spiro atoms. The molecule has 2 aromatic rings. The van der Waals surface area contributed by atoms with E-state index in [1.54, 1.807) is 6.07 Å². The molecule has 0 aliphatic rings. The van der Waals surface area contributed by atoms with E-state index >= 15 is 0 Å². The molecule has 1 heterocycles. The smallest absolute Gasteiger partial charge is 0.0379 e. The van der Waals surface area contributed by atoms with E-state index in [-0.39, 0.29) is 25.9 Å². The SMILES string of the molecule is CO.CO.Cc1cnc(-c2[c-]cc(F)cc2)cc1CC(C)C.[Ir]. The molecular weight excluding hydrogens is 473 g/mol. The molecule has 0 amide bonds. The van der Waals surface area contributed by atoms with Gasteiger partial charge in [-0.25, -0.2) is 0 Å². The summed E-state index contributed by atoms with van der Waals surface area (Å²) in [5.41, 5.74) is 4.19. The molecule has 2 rings (SSSR count). The van der Waals surface area contributed by atoms with Gasteiger partial charge in [0.2, 0.25) is 0 Å². The van der Waals surface area contributed by atoms with Crippen molar-refractivity contribution >= 4 is 0 Å². The molecule has 0 bridgehead atoms. The van der Waals surface area contributed by atoms with Gasteiger partial charge in [0.15, 0.2) is 0 Å². The molecule has 0 unspecified atom stereocenters. The van der Waals surface area contributed by atoms with Crippen LogP contribution in [0.4, 0.5) is 4.39 Å². The summed E-state index contributed by atoms with van der Waals surface area (Å²) in [5.74, 6) is 0.337. The van der Waals surface area contributed by atoms with E-state index in [1.165, 1.54) is 23.3 Å². The topological polar surface area (TPSA) is 53.4 Å². The number of halogens is 1. The van der Waals surface area contributed by atoms with Crippen molar-refractivity contribution in [2.45, 2.75) is 27.2 Å². The first kappa shape index (κ1) is 24.1. The zero-order valence-electron chi connectivity index (χ0n) is 14.2. The summed E-state index contributed by atoms with van der Waals surface area (Å²) in [7, 11) is 2.00. The molecule has 131 valence electrons. The van der Waals surface area contributed by atoms with Gasteiger partial charge in [-0.05, 0) is 30.5 Å². The number of rotatable bonds is 3. The Hall–Kier alpha value is -1.13. The van der Waals surface area contributed by atoms with Crippen LogP contribution in [-0.4, -0.2) is 29.4 Å². The average molecular weight is 499 g/mol. The van der Waals surface area contributed by atoms with Crippen LogP contribution in [0.5, 0.6) is 0 Å². The van der Waals surface area contributed by atoms with Crippen molar-refractivity contribution in [1.29, 1.82) is 0 Å². The first-order valence-corrected chi connectivity index (χ1v) is 7.09. The van der Waals surface area contributed by atoms with E-state index in [4.69, 9.17) is 10.2 Å². The van der Waals surface area contributed by atoms with Crippen LogP contribution in [0.25, 0.3) is 11.3 Å². The average Bonchev–Trinajstić information content (AvgIpc) is 2.54. The predicted molar refractivity (Wildman–Crippen MR) is 88.0 cm³/mol. The van der Waals surface area contributed by atoms with Crippen LogP contribution < -0.4 is 0 Å². The maximum atomic E-state index is 12.9. The molecule has 0 aliphatic heterocycles. The number of aryl methyl sites for hydroxylation is 1. The summed E-state index contributed by atoms with van der Waals surface area (Å²) >= 11 is 0. The maximum absolute atomic E-state index is 12.9. The minimum Gasteiger partial charge on any atom is -0.400 e. The molecule has 2 N–H and O–H groups in total. The fourth-order valence-corrected chi connectivity index (χ4v) is 1.94. The minimum atomic E-state index is -0.270. The number of aromatic nitrogens is 1. The number of nitrogens with zero attached hydrogens (tertiary/aromatic N) is 1. The van der Waals surface area contributed by atoms with Crippen LogP contribution in [0.3, 0.4) is 0 Å². The summed E-state index contributed by atoms with van der Waals surface area (Å²) in [5, 5.41) is 14.0. The van der Waals surface area contributed by atoms with E-state index in [0.717, 1.165) is 31.9 Å². The van der Waals surface area contributed by atoms with Gasteiger partial charge >= 0.3 is 0 Å². The molecule has 3 nitrogen and oxygen atoms in total. The predicted octanol–water partition coefficient (Wildman–Crippen LogP) is 3.41. The molecule has 1 aromatic heterocycles. The molecule has 1 aromatic carbocycles. The number of pyridine rings is 1. The monoisotopic (exact) mass is 499 g/mol. The van der Waals surface area contributed by atoms with E-state index in [1.807, 2.05) is 6.20 Å².